The van der Waals surface area contributed by atoms with Crippen LogP contribution >= 0.6 is 34.1 Å². The van der Waals surface area contributed by atoms with E-state index in [2.05, 4.69) is 161 Å². The summed E-state index contributed by atoms with van der Waals surface area (Å²) >= 11 is -1.65. The number of hydrogen-bond acceptors (Lipinski definition) is 0. The average Bonchev–Trinajstić information content (AvgIpc) is 3.95. The van der Waals surface area contributed by atoms with Crippen LogP contribution < -0.4 is 0 Å². The fourth-order valence-corrected chi connectivity index (χ4v) is 5.47. The molecule has 2 fully saturated rings. The van der Waals surface area contributed by atoms with Crippen molar-refractivity contribution in [1.82, 2.24) is 0 Å². The summed E-state index contributed by atoms with van der Waals surface area (Å²) in [4.78, 5) is 0. The first kappa shape index (κ1) is 42.8. The number of benzene rings is 2. The van der Waals surface area contributed by atoms with Crippen LogP contribution in [0.1, 0.15) is 38.5 Å². The first-order valence-electron chi connectivity index (χ1n) is 15.2. The van der Waals surface area contributed by atoms with E-state index in [9.17, 15) is 0 Å². The van der Waals surface area contributed by atoms with Crippen LogP contribution in [0.15, 0.2) is 159 Å². The Morgan fingerprint density at radius 3 is 1.28 bits per heavy atom. The smallest absolute Gasteiger partial charge is 0.0809 e. The second-order valence-corrected chi connectivity index (χ2v) is 17.5. The van der Waals surface area contributed by atoms with E-state index in [4.69, 9.17) is 34.1 Å². The molecule has 2 atom stereocenters. The first-order valence-corrected chi connectivity index (χ1v) is 27.9. The van der Waals surface area contributed by atoms with E-state index >= 15 is 0 Å². The van der Waals surface area contributed by atoms with Crippen molar-refractivity contribution in [2.45, 2.75) is 38.5 Å². The van der Waals surface area contributed by atoms with Crippen molar-refractivity contribution in [1.29, 1.82) is 0 Å². The Labute approximate surface area is 316 Å². The molecular weight excluding hydrogens is 805 g/mol. The van der Waals surface area contributed by atoms with Gasteiger partial charge in [0.25, 0.3) is 0 Å². The van der Waals surface area contributed by atoms with E-state index in [-0.39, 0.29) is 0 Å². The molecule has 0 saturated heterocycles. The van der Waals surface area contributed by atoms with Crippen molar-refractivity contribution in [3.05, 3.63) is 172 Å². The van der Waals surface area contributed by atoms with Gasteiger partial charge >= 0.3 is 75.7 Å². The molecule has 46 heavy (non-hydrogen) atoms. The Morgan fingerprint density at radius 2 is 0.935 bits per heavy atom. The van der Waals surface area contributed by atoms with Crippen LogP contribution in [0.3, 0.4) is 0 Å². The maximum absolute atomic E-state index is 4.93. The molecule has 2 saturated carbocycles. The fourth-order valence-electron chi connectivity index (χ4n) is 5.47. The van der Waals surface area contributed by atoms with Crippen molar-refractivity contribution in [3.63, 3.8) is 0 Å². The molecule has 0 spiro atoms. The Morgan fingerprint density at radius 1 is 0.565 bits per heavy atom. The van der Waals surface area contributed by atoms with Crippen LogP contribution in [0.5, 0.6) is 0 Å². The van der Waals surface area contributed by atoms with E-state index in [1.54, 1.807) is 11.1 Å². The minimum absolute atomic E-state index is 0.826. The Hall–Kier alpha value is -1.23. The Kier molecular flexibility index (Phi) is 26.7. The summed E-state index contributed by atoms with van der Waals surface area (Å²) < 4.78 is 0. The Balaban J connectivity index is 0.000000280. The molecule has 0 bridgehead atoms. The largest absolute Gasteiger partial charge is 0.168 e. The second-order valence-electron chi connectivity index (χ2n) is 10.1. The SMILES string of the molecule is C1=CCC2CC[CH-]C2=C1.C1=CCC2CC[CH-]C2=C1.C=C.C=C.[Cl][Zr+2][Cl].[Cl][Zr+2][Cl].c1ccc2[cH-]ccc2c1.c1ccc2[cH-]ccc2c1. The van der Waals surface area contributed by atoms with Crippen molar-refractivity contribution < 1.29 is 41.7 Å². The van der Waals surface area contributed by atoms with Crippen molar-refractivity contribution in [3.8, 4) is 0 Å². The third-order valence-corrected chi connectivity index (χ3v) is 7.52. The number of allylic oxidation sites excluding steroid dienone is 8. The van der Waals surface area contributed by atoms with Gasteiger partial charge in [0, 0.05) is 0 Å². The summed E-state index contributed by atoms with van der Waals surface area (Å²) in [6.45, 7) is 12.0. The van der Waals surface area contributed by atoms with Gasteiger partial charge in [-0.15, -0.1) is 123 Å². The molecular formula is C40H44Cl4Zr2. The molecule has 0 aromatic heterocycles. The second kappa shape index (κ2) is 28.7. The van der Waals surface area contributed by atoms with Gasteiger partial charge in [-0.2, -0.15) is 35.0 Å². The van der Waals surface area contributed by atoms with Crippen molar-refractivity contribution in [2.24, 2.45) is 11.8 Å². The van der Waals surface area contributed by atoms with Gasteiger partial charge in [-0.1, -0.05) is 25.0 Å². The van der Waals surface area contributed by atoms with E-state index in [0.29, 0.717) is 0 Å². The van der Waals surface area contributed by atoms with Gasteiger partial charge in [0.15, 0.2) is 0 Å². The molecule has 2 unspecified atom stereocenters. The van der Waals surface area contributed by atoms with Gasteiger partial charge in [0.1, 0.15) is 0 Å². The summed E-state index contributed by atoms with van der Waals surface area (Å²) in [6, 6.07) is 29.3. The molecule has 0 amide bonds. The minimum Gasteiger partial charge on any atom is -0.168 e. The molecule has 6 heteroatoms. The number of hydrogen-bond donors (Lipinski definition) is 0. The molecule has 0 radical (unpaired) electrons. The van der Waals surface area contributed by atoms with Gasteiger partial charge in [-0.25, -0.2) is 36.1 Å². The third-order valence-electron chi connectivity index (χ3n) is 7.52. The number of fused-ring (bicyclic) bond motifs is 4. The Bertz CT molecular complexity index is 1280. The molecule has 0 aliphatic heterocycles. The summed E-state index contributed by atoms with van der Waals surface area (Å²) in [6.07, 6.45) is 26.1. The van der Waals surface area contributed by atoms with Crippen molar-refractivity contribution in [2.75, 3.05) is 0 Å². The molecule has 4 aliphatic carbocycles. The molecule has 8 rings (SSSR count). The zero-order valence-electron chi connectivity index (χ0n) is 26.4. The van der Waals surface area contributed by atoms with Crippen LogP contribution in [-0.2, 0) is 41.7 Å². The maximum atomic E-state index is 4.93. The van der Waals surface area contributed by atoms with E-state index in [1.165, 1.54) is 60.1 Å². The summed E-state index contributed by atoms with van der Waals surface area (Å²) in [5, 5.41) is 5.32. The van der Waals surface area contributed by atoms with E-state index in [1.807, 2.05) is 0 Å². The summed E-state index contributed by atoms with van der Waals surface area (Å²) in [5.41, 5.74) is 3.16. The third kappa shape index (κ3) is 16.7. The number of rotatable bonds is 0. The summed E-state index contributed by atoms with van der Waals surface area (Å²) in [7, 11) is 19.7. The first-order chi connectivity index (χ1) is 22.7. The number of halogens is 4. The van der Waals surface area contributed by atoms with Gasteiger partial charge in [0.2, 0.25) is 0 Å². The molecule has 4 aromatic rings. The van der Waals surface area contributed by atoms with Crippen LogP contribution in [0.4, 0.5) is 0 Å². The quantitative estimate of drug-likeness (QED) is 0.122. The fraction of sp³-hybridized carbons (Fsp3) is 0.200. The predicted molar refractivity (Wildman–Crippen MR) is 203 cm³/mol. The molecule has 0 heterocycles. The van der Waals surface area contributed by atoms with E-state index < -0.39 is 41.7 Å². The molecule has 0 nitrogen and oxygen atoms in total. The van der Waals surface area contributed by atoms with Crippen LogP contribution in [-0.4, -0.2) is 0 Å². The van der Waals surface area contributed by atoms with Crippen LogP contribution in [0, 0.1) is 24.7 Å². The van der Waals surface area contributed by atoms with Gasteiger partial charge < -0.3 is 0 Å². The molecule has 4 aliphatic rings. The van der Waals surface area contributed by atoms with Gasteiger partial charge in [-0.05, 0) is 24.7 Å². The monoisotopic (exact) mass is 844 g/mol. The zero-order valence-corrected chi connectivity index (χ0v) is 34.4. The maximum Gasteiger partial charge on any atom is -0.0809 e. The standard InChI is InChI=1S/2C9H11.2C9H7.2C2H4.4ClH.2Zr/c4*1-2-5-9-7-3-6-8(9)4-1;2*1-2;;;;;;/h2*1-2,4,6,9H,3,5,7H2;2*1-7H;2*1-2H2;4*1H;;/q4*-1;;;;;;;2*+4/p-4. The normalized spacial score (nSPS) is 16.8. The van der Waals surface area contributed by atoms with E-state index in [0.717, 1.165) is 11.8 Å². The molecule has 0 N–H and O–H groups in total. The zero-order chi connectivity index (χ0) is 33.8. The minimum atomic E-state index is -0.826. The van der Waals surface area contributed by atoms with Gasteiger partial charge in [-0.3, -0.25) is 0 Å². The molecule has 4 aromatic carbocycles. The topological polar surface area (TPSA) is 0 Å². The van der Waals surface area contributed by atoms with Crippen LogP contribution in [0.2, 0.25) is 0 Å². The molecule has 240 valence electrons. The van der Waals surface area contributed by atoms with Crippen LogP contribution in [0.25, 0.3) is 21.5 Å². The van der Waals surface area contributed by atoms with Crippen molar-refractivity contribution >= 4 is 55.6 Å². The van der Waals surface area contributed by atoms with Gasteiger partial charge in [0.05, 0.1) is 0 Å². The summed E-state index contributed by atoms with van der Waals surface area (Å²) in [5.74, 6) is 1.77. The predicted octanol–water partition coefficient (Wildman–Crippen LogP) is 14.4. The average molecular weight is 849 g/mol.